The van der Waals surface area contributed by atoms with Crippen LogP contribution in [0, 0.1) is 18.7 Å². The van der Waals surface area contributed by atoms with E-state index in [0.29, 0.717) is 50.1 Å². The van der Waals surface area contributed by atoms with Crippen LogP contribution in [-0.4, -0.2) is 57.9 Å². The van der Waals surface area contributed by atoms with E-state index in [0.717, 1.165) is 12.8 Å². The molecule has 1 aromatic heterocycles. The van der Waals surface area contributed by atoms with Crippen LogP contribution in [0.1, 0.15) is 65.1 Å². The highest BCUT2D eigenvalue weighted by Gasteiger charge is 2.36. The summed E-state index contributed by atoms with van der Waals surface area (Å²) in [5.74, 6) is -2.01. The number of aromatic amines is 1. The lowest BCUT2D eigenvalue weighted by atomic mass is 9.84. The molecule has 1 saturated carbocycles. The summed E-state index contributed by atoms with van der Waals surface area (Å²) in [5.41, 5.74) is 6.15. The van der Waals surface area contributed by atoms with Gasteiger partial charge in [-0.15, -0.1) is 0 Å². The number of aromatic nitrogens is 2. The van der Waals surface area contributed by atoms with Gasteiger partial charge in [0.2, 0.25) is 5.91 Å². The molecule has 1 atom stereocenters. The maximum Gasteiger partial charge on any atom is 0.275 e. The van der Waals surface area contributed by atoms with Crippen molar-refractivity contribution in [2.24, 2.45) is 11.7 Å². The minimum atomic E-state index is -0.752. The second-order valence-electron chi connectivity index (χ2n) is 9.16. The monoisotopic (exact) mass is 505 g/mol. The molecule has 9 nitrogen and oxygen atoms in total. The molecule has 0 radical (unpaired) electrons. The minimum Gasteiger partial charge on any atom is -0.376 e. The molecule has 1 saturated heterocycles. The van der Waals surface area contributed by atoms with Crippen molar-refractivity contribution in [2.75, 3.05) is 18.5 Å². The van der Waals surface area contributed by atoms with Crippen molar-refractivity contribution in [1.82, 2.24) is 14.9 Å². The van der Waals surface area contributed by atoms with Gasteiger partial charge in [0.05, 0.1) is 23.1 Å². The number of primary amides is 1. The van der Waals surface area contributed by atoms with Crippen LogP contribution < -0.4 is 11.1 Å². The second-order valence-corrected chi connectivity index (χ2v) is 9.57. The van der Waals surface area contributed by atoms with Gasteiger partial charge in [0, 0.05) is 25.1 Å². The van der Waals surface area contributed by atoms with Crippen molar-refractivity contribution < 1.29 is 23.5 Å². The molecule has 188 valence electrons. The summed E-state index contributed by atoms with van der Waals surface area (Å²) in [5, 5.41) is 2.96. The Morgan fingerprint density at radius 3 is 2.66 bits per heavy atom. The van der Waals surface area contributed by atoms with E-state index in [-0.39, 0.29) is 46.3 Å². The fourth-order valence-corrected chi connectivity index (χ4v) is 5.02. The Balaban J connectivity index is 1.44. The topological polar surface area (TPSA) is 130 Å². The van der Waals surface area contributed by atoms with E-state index in [1.165, 1.54) is 18.5 Å². The number of hydrogen-bond donors (Lipinski definition) is 3. The number of H-pyrrole nitrogens is 1. The van der Waals surface area contributed by atoms with Crippen molar-refractivity contribution >= 4 is 35.0 Å². The number of carbonyl (C=O) groups is 3. The number of carbonyl (C=O) groups excluding carboxylic acids is 3. The van der Waals surface area contributed by atoms with Gasteiger partial charge in [-0.1, -0.05) is 11.6 Å². The summed E-state index contributed by atoms with van der Waals surface area (Å²) in [6.45, 7) is 2.64. The lowest BCUT2D eigenvalue weighted by molar-refractivity contribution is -0.121. The largest absolute Gasteiger partial charge is 0.376 e. The quantitative estimate of drug-likeness (QED) is 0.530. The van der Waals surface area contributed by atoms with Gasteiger partial charge in [0.15, 0.2) is 5.69 Å². The van der Waals surface area contributed by atoms with Crippen molar-refractivity contribution in [3.05, 3.63) is 46.3 Å². The molecule has 0 bridgehead atoms. The van der Waals surface area contributed by atoms with Crippen LogP contribution in [0.25, 0.3) is 0 Å². The summed E-state index contributed by atoms with van der Waals surface area (Å²) < 4.78 is 19.4. The van der Waals surface area contributed by atoms with Crippen molar-refractivity contribution in [3.8, 4) is 0 Å². The Bertz CT molecular complexity index is 1110. The highest BCUT2D eigenvalue weighted by Crippen LogP contribution is 2.32. The number of hydrogen-bond acceptors (Lipinski definition) is 5. The SMILES string of the molecule is Cc1cc(NC(=O)[C@H]2CC[C@H](N(CC3CCCO3)C(=O)c3nc[nH]c3C(N)=O)CC2)c(Cl)cc1F. The average Bonchev–Trinajstić information content (AvgIpc) is 3.53. The number of benzene rings is 1. The number of nitrogens with one attached hydrogen (secondary N) is 2. The van der Waals surface area contributed by atoms with Crippen molar-refractivity contribution in [3.63, 3.8) is 0 Å². The van der Waals surface area contributed by atoms with E-state index in [1.54, 1.807) is 11.8 Å². The second kappa shape index (κ2) is 10.7. The Labute approximate surface area is 207 Å². The first-order valence-corrected chi connectivity index (χ1v) is 12.1. The molecular formula is C24H29ClFN5O4. The van der Waals surface area contributed by atoms with Gasteiger partial charge in [-0.3, -0.25) is 14.4 Å². The molecule has 2 fully saturated rings. The van der Waals surface area contributed by atoms with Crippen LogP contribution in [0.3, 0.4) is 0 Å². The first-order valence-electron chi connectivity index (χ1n) is 11.8. The molecule has 4 rings (SSSR count). The Hall–Kier alpha value is -2.98. The van der Waals surface area contributed by atoms with E-state index >= 15 is 0 Å². The average molecular weight is 506 g/mol. The van der Waals surface area contributed by atoms with Crippen LogP contribution in [0.15, 0.2) is 18.5 Å². The number of nitrogens with zero attached hydrogens (tertiary/aromatic N) is 2. The fraction of sp³-hybridized carbons (Fsp3) is 0.500. The number of imidazole rings is 1. The molecule has 4 N–H and O–H groups in total. The van der Waals surface area contributed by atoms with Crippen LogP contribution in [-0.2, 0) is 9.53 Å². The van der Waals surface area contributed by atoms with Crippen molar-refractivity contribution in [2.45, 2.75) is 57.6 Å². The third kappa shape index (κ3) is 5.65. The molecule has 1 aliphatic heterocycles. The zero-order valence-electron chi connectivity index (χ0n) is 19.5. The van der Waals surface area contributed by atoms with Gasteiger partial charge in [-0.2, -0.15) is 0 Å². The van der Waals surface area contributed by atoms with Crippen molar-refractivity contribution in [1.29, 1.82) is 0 Å². The zero-order valence-corrected chi connectivity index (χ0v) is 20.2. The van der Waals surface area contributed by atoms with Gasteiger partial charge in [-0.05, 0) is 63.1 Å². The first kappa shape index (κ1) is 25.1. The molecule has 2 aromatic rings. The van der Waals surface area contributed by atoms with Crippen LogP contribution in [0.2, 0.25) is 5.02 Å². The summed E-state index contributed by atoms with van der Waals surface area (Å²) in [6, 6.07) is 2.57. The number of nitrogens with two attached hydrogens (primary N) is 1. The number of halogens is 2. The van der Waals surface area contributed by atoms with E-state index < -0.39 is 11.7 Å². The zero-order chi connectivity index (χ0) is 25.1. The van der Waals surface area contributed by atoms with Gasteiger partial charge in [0.25, 0.3) is 11.8 Å². The van der Waals surface area contributed by atoms with Gasteiger partial charge in [-0.25, -0.2) is 9.37 Å². The fourth-order valence-electron chi connectivity index (χ4n) is 4.82. The maximum atomic E-state index is 13.7. The molecule has 2 aliphatic rings. The molecule has 1 aliphatic carbocycles. The summed E-state index contributed by atoms with van der Waals surface area (Å²) in [6.07, 6.45) is 5.30. The molecular weight excluding hydrogens is 477 g/mol. The minimum absolute atomic E-state index is 0.00307. The highest BCUT2D eigenvalue weighted by molar-refractivity contribution is 6.33. The van der Waals surface area contributed by atoms with Gasteiger partial charge in [0.1, 0.15) is 11.5 Å². The molecule has 2 heterocycles. The molecule has 0 spiro atoms. The number of aryl methyl sites for hydroxylation is 1. The summed E-state index contributed by atoms with van der Waals surface area (Å²) in [4.78, 5) is 46.5. The van der Waals surface area contributed by atoms with Crippen LogP contribution in [0.5, 0.6) is 0 Å². The van der Waals surface area contributed by atoms with E-state index in [2.05, 4.69) is 15.3 Å². The molecule has 3 amide bonds. The highest BCUT2D eigenvalue weighted by atomic mass is 35.5. The number of ether oxygens (including phenoxy) is 1. The normalized spacial score (nSPS) is 22.1. The number of amides is 3. The van der Waals surface area contributed by atoms with Crippen LogP contribution >= 0.6 is 11.6 Å². The van der Waals surface area contributed by atoms with Crippen LogP contribution in [0.4, 0.5) is 10.1 Å². The third-order valence-corrected chi connectivity index (χ3v) is 7.10. The molecule has 35 heavy (non-hydrogen) atoms. The Morgan fingerprint density at radius 2 is 2.00 bits per heavy atom. The Kier molecular flexibility index (Phi) is 7.71. The van der Waals surface area contributed by atoms with E-state index in [1.807, 2.05) is 0 Å². The lowest BCUT2D eigenvalue weighted by Crippen LogP contribution is -2.47. The number of rotatable bonds is 7. The lowest BCUT2D eigenvalue weighted by Gasteiger charge is -2.37. The third-order valence-electron chi connectivity index (χ3n) is 6.79. The molecule has 1 unspecified atom stereocenters. The maximum absolute atomic E-state index is 13.7. The summed E-state index contributed by atoms with van der Waals surface area (Å²) >= 11 is 6.10. The number of anilines is 1. The standard InChI is InChI=1S/C24H29ClFN5O4/c1-13-9-19(17(25)10-18(13)26)30-23(33)14-4-6-15(7-5-14)31(11-16-3-2-8-35-16)24(34)21-20(22(27)32)28-12-29-21/h9-10,12,14-16H,2-8,11H2,1H3,(H2,27,32)(H,28,29)(H,30,33)/t14-,15-,16?. The van der Waals surface area contributed by atoms with E-state index in [4.69, 9.17) is 22.1 Å². The predicted octanol–water partition coefficient (Wildman–Crippen LogP) is 3.43. The predicted molar refractivity (Wildman–Crippen MR) is 128 cm³/mol. The first-order chi connectivity index (χ1) is 16.7. The van der Waals surface area contributed by atoms with Gasteiger partial charge >= 0.3 is 0 Å². The van der Waals surface area contributed by atoms with Gasteiger partial charge < -0.3 is 25.7 Å². The smallest absolute Gasteiger partial charge is 0.275 e. The molecule has 1 aromatic carbocycles. The molecule has 11 heteroatoms. The van der Waals surface area contributed by atoms with E-state index in [9.17, 15) is 18.8 Å². The summed E-state index contributed by atoms with van der Waals surface area (Å²) in [7, 11) is 0. The Morgan fingerprint density at radius 1 is 1.26 bits per heavy atom.